The van der Waals surface area contributed by atoms with Crippen molar-refractivity contribution >= 4 is 33.4 Å². The minimum atomic E-state index is -1.02. The minimum Gasteiger partial charge on any atom is -0.478 e. The molecule has 0 saturated carbocycles. The number of piperidine rings is 1. The number of nitrogens with zero attached hydrogens (tertiary/aromatic N) is 2. The van der Waals surface area contributed by atoms with Gasteiger partial charge < -0.3 is 10.0 Å². The Balaban J connectivity index is 1.45. The van der Waals surface area contributed by atoms with Gasteiger partial charge in [-0.2, -0.15) is 0 Å². The zero-order chi connectivity index (χ0) is 18.1. The van der Waals surface area contributed by atoms with Crippen molar-refractivity contribution in [3.8, 4) is 0 Å². The lowest BCUT2D eigenvalue weighted by Gasteiger charge is -2.31. The van der Waals surface area contributed by atoms with Crippen LogP contribution in [0.3, 0.4) is 0 Å². The van der Waals surface area contributed by atoms with Crippen molar-refractivity contribution < 1.29 is 14.7 Å². The maximum absolute atomic E-state index is 12.7. The van der Waals surface area contributed by atoms with Gasteiger partial charge >= 0.3 is 5.97 Å². The van der Waals surface area contributed by atoms with E-state index in [1.807, 2.05) is 23.1 Å². The fourth-order valence-corrected chi connectivity index (χ4v) is 4.50. The largest absolute Gasteiger partial charge is 0.478 e. The van der Waals surface area contributed by atoms with Gasteiger partial charge in [0.2, 0.25) is 0 Å². The smallest absolute Gasteiger partial charge is 0.335 e. The van der Waals surface area contributed by atoms with Crippen LogP contribution in [0.2, 0.25) is 0 Å². The van der Waals surface area contributed by atoms with Crippen LogP contribution < -0.4 is 0 Å². The predicted molar refractivity (Wildman–Crippen MR) is 101 cm³/mol. The van der Waals surface area contributed by atoms with E-state index in [2.05, 4.69) is 6.07 Å². The number of thiazole rings is 1. The van der Waals surface area contributed by atoms with Gasteiger partial charge in [0.05, 0.1) is 20.8 Å². The zero-order valence-electron chi connectivity index (χ0n) is 14.1. The highest BCUT2D eigenvalue weighted by Gasteiger charge is 2.26. The summed E-state index contributed by atoms with van der Waals surface area (Å²) in [6, 6.07) is 14.4. The lowest BCUT2D eigenvalue weighted by atomic mass is 9.97. The molecule has 132 valence electrons. The van der Waals surface area contributed by atoms with E-state index >= 15 is 0 Å². The molecule has 1 aliphatic rings. The molecule has 0 aliphatic carbocycles. The van der Waals surface area contributed by atoms with Crippen molar-refractivity contribution in [3.05, 3.63) is 64.7 Å². The van der Waals surface area contributed by atoms with Gasteiger partial charge in [-0.05, 0) is 43.2 Å². The maximum Gasteiger partial charge on any atom is 0.335 e. The van der Waals surface area contributed by atoms with Crippen molar-refractivity contribution in [3.63, 3.8) is 0 Å². The Bertz CT molecular complexity index is 941. The van der Waals surface area contributed by atoms with E-state index < -0.39 is 5.97 Å². The van der Waals surface area contributed by atoms with Gasteiger partial charge in [0.1, 0.15) is 0 Å². The zero-order valence-corrected chi connectivity index (χ0v) is 14.9. The van der Waals surface area contributed by atoms with Crippen LogP contribution in [0, 0.1) is 0 Å². The number of carbonyl (C=O) groups is 2. The third kappa shape index (κ3) is 3.20. The van der Waals surface area contributed by atoms with E-state index in [1.54, 1.807) is 23.5 Å². The van der Waals surface area contributed by atoms with Crippen molar-refractivity contribution in [1.82, 2.24) is 9.88 Å². The quantitative estimate of drug-likeness (QED) is 0.760. The van der Waals surface area contributed by atoms with Crippen LogP contribution in [0.4, 0.5) is 0 Å². The minimum absolute atomic E-state index is 0.101. The van der Waals surface area contributed by atoms with Gasteiger partial charge in [-0.15, -0.1) is 11.3 Å². The predicted octanol–water partition coefficient (Wildman–Crippen LogP) is 4.01. The van der Waals surface area contributed by atoms with Crippen LogP contribution in [0.5, 0.6) is 0 Å². The van der Waals surface area contributed by atoms with Gasteiger partial charge in [-0.25, -0.2) is 9.78 Å². The van der Waals surface area contributed by atoms with E-state index in [9.17, 15) is 9.59 Å². The Labute approximate surface area is 154 Å². The van der Waals surface area contributed by atoms with Crippen LogP contribution in [0.1, 0.15) is 44.5 Å². The Morgan fingerprint density at radius 2 is 1.77 bits per heavy atom. The molecule has 5 nitrogen and oxygen atoms in total. The molecule has 2 aromatic carbocycles. The average molecular weight is 366 g/mol. The molecule has 1 saturated heterocycles. The molecule has 0 bridgehead atoms. The summed E-state index contributed by atoms with van der Waals surface area (Å²) in [5.41, 5.74) is 1.61. The third-order valence-electron chi connectivity index (χ3n) is 4.80. The van der Waals surface area contributed by atoms with Gasteiger partial charge in [-0.3, -0.25) is 4.79 Å². The number of carbonyl (C=O) groups excluding carboxylic acids is 1. The lowest BCUT2D eigenvalue weighted by molar-refractivity contribution is 0.0697. The molecule has 1 amide bonds. The molecular formula is C20H18N2O3S. The number of carboxylic acids is 1. The van der Waals surface area contributed by atoms with E-state index in [0.717, 1.165) is 23.4 Å². The molecule has 26 heavy (non-hydrogen) atoms. The Hall–Kier alpha value is -2.73. The fraction of sp³-hybridized carbons (Fsp3) is 0.250. The number of hydrogen-bond donors (Lipinski definition) is 1. The molecule has 1 N–H and O–H groups in total. The summed E-state index contributed by atoms with van der Waals surface area (Å²) in [5, 5.41) is 10.2. The number of likely N-dealkylation sites (tertiary alicyclic amines) is 1. The summed E-state index contributed by atoms with van der Waals surface area (Å²) >= 11 is 1.74. The first-order valence-corrected chi connectivity index (χ1v) is 9.41. The molecule has 0 spiro atoms. The highest BCUT2D eigenvalue weighted by atomic mass is 32.1. The van der Waals surface area contributed by atoms with Crippen molar-refractivity contribution in [1.29, 1.82) is 0 Å². The fourth-order valence-electron chi connectivity index (χ4n) is 3.36. The summed E-state index contributed by atoms with van der Waals surface area (Å²) in [6.07, 6.45) is 1.76. The van der Waals surface area contributed by atoms with E-state index in [-0.39, 0.29) is 11.5 Å². The van der Waals surface area contributed by atoms with Crippen molar-refractivity contribution in [2.75, 3.05) is 13.1 Å². The Kier molecular flexibility index (Phi) is 4.42. The Morgan fingerprint density at radius 3 is 2.50 bits per heavy atom. The topological polar surface area (TPSA) is 70.5 Å². The van der Waals surface area contributed by atoms with Crippen LogP contribution in [0.25, 0.3) is 10.2 Å². The number of benzene rings is 2. The van der Waals surface area contributed by atoms with E-state index in [0.29, 0.717) is 24.6 Å². The van der Waals surface area contributed by atoms with Gasteiger partial charge in [0, 0.05) is 24.6 Å². The molecule has 1 aliphatic heterocycles. The van der Waals surface area contributed by atoms with Gasteiger partial charge in [-0.1, -0.05) is 18.2 Å². The first kappa shape index (κ1) is 16.7. The molecular weight excluding hydrogens is 348 g/mol. The molecule has 1 aromatic heterocycles. The standard InChI is InChI=1S/C20H18N2O3S/c23-19(14-4-3-5-15(12-14)20(24)25)22-10-8-13(9-11-22)18-21-16-6-1-2-7-17(16)26-18/h1-7,12-13H,8-11H2,(H,24,25). The molecule has 3 aromatic rings. The van der Waals surface area contributed by atoms with Crippen LogP contribution in [-0.4, -0.2) is 40.0 Å². The summed E-state index contributed by atoms with van der Waals surface area (Å²) in [7, 11) is 0. The highest BCUT2D eigenvalue weighted by Crippen LogP contribution is 2.34. The second-order valence-electron chi connectivity index (χ2n) is 6.47. The summed E-state index contributed by atoms with van der Waals surface area (Å²) in [5.74, 6) is -0.744. The van der Waals surface area contributed by atoms with Crippen LogP contribution >= 0.6 is 11.3 Å². The number of fused-ring (bicyclic) bond motifs is 1. The number of rotatable bonds is 3. The second kappa shape index (κ2) is 6.88. The maximum atomic E-state index is 12.7. The summed E-state index contributed by atoms with van der Waals surface area (Å²) in [4.78, 5) is 30.3. The molecule has 4 rings (SSSR count). The number of para-hydroxylation sites is 1. The van der Waals surface area contributed by atoms with Gasteiger partial charge in [0.25, 0.3) is 5.91 Å². The number of aromatic carboxylic acids is 1. The molecule has 0 unspecified atom stereocenters. The number of carboxylic acid groups (broad SMARTS) is 1. The number of amides is 1. The molecule has 2 heterocycles. The molecule has 0 radical (unpaired) electrons. The summed E-state index contributed by atoms with van der Waals surface area (Å²) in [6.45, 7) is 1.33. The molecule has 0 atom stereocenters. The second-order valence-corrected chi connectivity index (χ2v) is 7.53. The average Bonchev–Trinajstić information content (AvgIpc) is 3.12. The van der Waals surface area contributed by atoms with Crippen molar-refractivity contribution in [2.45, 2.75) is 18.8 Å². The lowest BCUT2D eigenvalue weighted by Crippen LogP contribution is -2.38. The highest BCUT2D eigenvalue weighted by molar-refractivity contribution is 7.18. The van der Waals surface area contributed by atoms with Gasteiger partial charge in [0.15, 0.2) is 0 Å². The third-order valence-corrected chi connectivity index (χ3v) is 6.00. The van der Waals surface area contributed by atoms with E-state index in [1.165, 1.54) is 16.8 Å². The summed E-state index contributed by atoms with van der Waals surface area (Å²) < 4.78 is 1.20. The van der Waals surface area contributed by atoms with E-state index in [4.69, 9.17) is 10.1 Å². The number of hydrogen-bond acceptors (Lipinski definition) is 4. The Morgan fingerprint density at radius 1 is 1.04 bits per heavy atom. The van der Waals surface area contributed by atoms with Crippen LogP contribution in [0.15, 0.2) is 48.5 Å². The normalized spacial score (nSPS) is 15.3. The van der Waals surface area contributed by atoms with Crippen LogP contribution in [-0.2, 0) is 0 Å². The first-order chi connectivity index (χ1) is 12.6. The van der Waals surface area contributed by atoms with Crippen molar-refractivity contribution in [2.24, 2.45) is 0 Å². The molecule has 6 heteroatoms. The first-order valence-electron chi connectivity index (χ1n) is 8.60. The number of aromatic nitrogens is 1. The monoisotopic (exact) mass is 366 g/mol. The molecule has 1 fully saturated rings. The SMILES string of the molecule is O=C(O)c1cccc(C(=O)N2CCC(c3nc4ccccc4s3)CC2)c1.